The maximum absolute atomic E-state index is 12.7. The van der Waals surface area contributed by atoms with Gasteiger partial charge in [0.15, 0.2) is 10.8 Å². The lowest BCUT2D eigenvalue weighted by Crippen LogP contribution is -2.14. The van der Waals surface area contributed by atoms with Gasteiger partial charge in [0.1, 0.15) is 0 Å². The van der Waals surface area contributed by atoms with Gasteiger partial charge in [-0.15, -0.1) is 11.3 Å². The Kier molecular flexibility index (Phi) is 4.41. The van der Waals surface area contributed by atoms with Crippen molar-refractivity contribution in [2.24, 2.45) is 0 Å². The number of pyridine rings is 2. The zero-order valence-corrected chi connectivity index (χ0v) is 16.0. The fourth-order valence-electron chi connectivity index (χ4n) is 2.82. The molecule has 4 aromatic heterocycles. The molecule has 8 heteroatoms. The number of fused-ring (bicyclic) bond motifs is 1. The van der Waals surface area contributed by atoms with Crippen LogP contribution in [-0.2, 0) is 0 Å². The lowest BCUT2D eigenvalue weighted by molar-refractivity contribution is 0.102. The van der Waals surface area contributed by atoms with Crippen molar-refractivity contribution < 1.29 is 4.79 Å². The predicted octanol–water partition coefficient (Wildman–Crippen LogP) is 4.09. The van der Waals surface area contributed by atoms with E-state index in [1.807, 2.05) is 49.0 Å². The summed E-state index contributed by atoms with van der Waals surface area (Å²) in [5.74, 6) is -0.230. The van der Waals surface area contributed by atoms with Crippen molar-refractivity contribution in [3.8, 4) is 11.3 Å². The van der Waals surface area contributed by atoms with Gasteiger partial charge in [-0.2, -0.15) is 5.10 Å². The summed E-state index contributed by atoms with van der Waals surface area (Å²) in [7, 11) is 0. The number of rotatable bonds is 4. The van der Waals surface area contributed by atoms with Crippen molar-refractivity contribution in [2.45, 2.75) is 26.8 Å². The third-order valence-electron chi connectivity index (χ3n) is 4.18. The molecule has 0 fully saturated rings. The molecular weight excluding hydrogens is 360 g/mol. The molecular formula is C19H18N6OS. The molecule has 0 aliphatic heterocycles. The second-order valence-electron chi connectivity index (χ2n) is 6.45. The van der Waals surface area contributed by atoms with Gasteiger partial charge < -0.3 is 0 Å². The molecule has 0 unspecified atom stereocenters. The van der Waals surface area contributed by atoms with E-state index in [1.54, 1.807) is 18.6 Å². The Bertz CT molecular complexity index is 1120. The molecule has 1 amide bonds. The van der Waals surface area contributed by atoms with Crippen LogP contribution in [0.15, 0.2) is 42.2 Å². The molecule has 1 N–H and O–H groups in total. The number of hydrogen-bond donors (Lipinski definition) is 1. The fourth-order valence-corrected chi connectivity index (χ4v) is 3.53. The smallest absolute Gasteiger partial charge is 0.259 e. The Hall–Kier alpha value is -3.13. The molecule has 0 aliphatic carbocycles. The fraction of sp³-hybridized carbons (Fsp3) is 0.211. The molecule has 27 heavy (non-hydrogen) atoms. The van der Waals surface area contributed by atoms with Crippen molar-refractivity contribution in [3.05, 3.63) is 53.4 Å². The number of thiazole rings is 1. The Balaban J connectivity index is 1.60. The van der Waals surface area contributed by atoms with E-state index in [9.17, 15) is 4.79 Å². The molecule has 0 atom stereocenters. The van der Waals surface area contributed by atoms with Gasteiger partial charge in [-0.1, -0.05) is 0 Å². The number of amides is 1. The van der Waals surface area contributed by atoms with Gasteiger partial charge >= 0.3 is 0 Å². The number of carbonyl (C=O) groups is 1. The monoisotopic (exact) mass is 378 g/mol. The highest BCUT2D eigenvalue weighted by molar-refractivity contribution is 7.14. The molecule has 0 bridgehead atoms. The number of aryl methyl sites for hydroxylation is 1. The maximum atomic E-state index is 12.7. The molecule has 4 heterocycles. The van der Waals surface area contributed by atoms with Crippen LogP contribution >= 0.6 is 11.3 Å². The quantitative estimate of drug-likeness (QED) is 0.578. The van der Waals surface area contributed by atoms with E-state index < -0.39 is 0 Å². The van der Waals surface area contributed by atoms with E-state index in [0.717, 1.165) is 22.3 Å². The van der Waals surface area contributed by atoms with Gasteiger partial charge in [-0.05, 0) is 39.0 Å². The SMILES string of the molecule is Cc1nc2c(cnn2C(C)C)cc1C(=O)Nc1nc(-c2cccnc2)cs1. The van der Waals surface area contributed by atoms with Crippen molar-refractivity contribution in [1.82, 2.24) is 24.7 Å². The molecule has 0 aliphatic rings. The van der Waals surface area contributed by atoms with Gasteiger partial charge in [0.2, 0.25) is 0 Å². The molecule has 0 aromatic carbocycles. The third-order valence-corrected chi connectivity index (χ3v) is 4.93. The van der Waals surface area contributed by atoms with E-state index in [4.69, 9.17) is 0 Å². The van der Waals surface area contributed by atoms with E-state index in [0.29, 0.717) is 16.4 Å². The minimum atomic E-state index is -0.230. The summed E-state index contributed by atoms with van der Waals surface area (Å²) in [6, 6.07) is 5.82. The van der Waals surface area contributed by atoms with Crippen molar-refractivity contribution in [2.75, 3.05) is 5.32 Å². The molecule has 136 valence electrons. The first-order valence-corrected chi connectivity index (χ1v) is 9.43. The number of aromatic nitrogens is 5. The van der Waals surface area contributed by atoms with E-state index in [2.05, 4.69) is 25.4 Å². The van der Waals surface area contributed by atoms with E-state index in [-0.39, 0.29) is 11.9 Å². The van der Waals surface area contributed by atoms with Crippen LogP contribution in [0, 0.1) is 6.92 Å². The number of nitrogens with one attached hydrogen (secondary N) is 1. The first-order valence-electron chi connectivity index (χ1n) is 8.55. The highest BCUT2D eigenvalue weighted by atomic mass is 32.1. The summed E-state index contributed by atoms with van der Waals surface area (Å²) in [6.45, 7) is 5.92. The minimum Gasteiger partial charge on any atom is -0.298 e. The lowest BCUT2D eigenvalue weighted by Gasteiger charge is -2.09. The number of carbonyl (C=O) groups excluding carboxylic acids is 1. The Morgan fingerprint density at radius 1 is 1.26 bits per heavy atom. The van der Waals surface area contributed by atoms with Gasteiger partial charge in [-0.25, -0.2) is 14.6 Å². The predicted molar refractivity (Wildman–Crippen MR) is 106 cm³/mol. The third kappa shape index (κ3) is 3.31. The molecule has 7 nitrogen and oxygen atoms in total. The summed E-state index contributed by atoms with van der Waals surface area (Å²) >= 11 is 1.38. The summed E-state index contributed by atoms with van der Waals surface area (Å²) in [5, 5.41) is 10.5. The summed E-state index contributed by atoms with van der Waals surface area (Å²) < 4.78 is 1.85. The average molecular weight is 378 g/mol. The standard InChI is InChI=1S/C19H18N6OS/c1-11(2)25-17-14(9-21-25)7-15(12(3)22-17)18(26)24-19-23-16(10-27-19)13-5-4-6-20-8-13/h4-11H,1-3H3,(H,23,24,26). The molecule has 4 rings (SSSR count). The first-order chi connectivity index (χ1) is 13.0. The molecule has 0 radical (unpaired) electrons. The highest BCUT2D eigenvalue weighted by Gasteiger charge is 2.16. The van der Waals surface area contributed by atoms with Crippen molar-refractivity contribution in [3.63, 3.8) is 0 Å². The summed E-state index contributed by atoms with van der Waals surface area (Å²) in [6.07, 6.45) is 5.20. The molecule has 0 spiro atoms. The van der Waals surface area contributed by atoms with Crippen molar-refractivity contribution >= 4 is 33.4 Å². The Morgan fingerprint density at radius 2 is 2.11 bits per heavy atom. The molecule has 4 aromatic rings. The van der Waals surface area contributed by atoms with Gasteiger partial charge in [-0.3, -0.25) is 15.1 Å². The number of anilines is 1. The van der Waals surface area contributed by atoms with Crippen molar-refractivity contribution in [1.29, 1.82) is 0 Å². The Labute approximate surface area is 160 Å². The van der Waals surface area contributed by atoms with Crippen LogP contribution in [-0.4, -0.2) is 30.6 Å². The lowest BCUT2D eigenvalue weighted by atomic mass is 10.1. The highest BCUT2D eigenvalue weighted by Crippen LogP contribution is 2.25. The van der Waals surface area contributed by atoms with Crippen LogP contribution in [0.4, 0.5) is 5.13 Å². The van der Waals surface area contributed by atoms with Crippen LogP contribution in [0.1, 0.15) is 35.9 Å². The van der Waals surface area contributed by atoms with Gasteiger partial charge in [0.25, 0.3) is 5.91 Å². The number of hydrogen-bond acceptors (Lipinski definition) is 6. The van der Waals surface area contributed by atoms with E-state index >= 15 is 0 Å². The van der Waals surface area contributed by atoms with Crippen LogP contribution < -0.4 is 5.32 Å². The zero-order chi connectivity index (χ0) is 19.0. The second-order valence-corrected chi connectivity index (χ2v) is 7.31. The van der Waals surface area contributed by atoms with Gasteiger partial charge in [0.05, 0.1) is 23.1 Å². The topological polar surface area (TPSA) is 85.6 Å². The minimum absolute atomic E-state index is 0.204. The number of nitrogens with zero attached hydrogens (tertiary/aromatic N) is 5. The van der Waals surface area contributed by atoms with Crippen LogP contribution in [0.25, 0.3) is 22.3 Å². The molecule has 0 saturated carbocycles. The van der Waals surface area contributed by atoms with E-state index in [1.165, 1.54) is 11.3 Å². The normalized spacial score (nSPS) is 11.3. The van der Waals surface area contributed by atoms with Crippen LogP contribution in [0.3, 0.4) is 0 Å². The summed E-state index contributed by atoms with van der Waals surface area (Å²) in [5.41, 5.74) is 3.66. The molecule has 0 saturated heterocycles. The largest absolute Gasteiger partial charge is 0.298 e. The first kappa shape index (κ1) is 17.3. The Morgan fingerprint density at radius 3 is 2.85 bits per heavy atom. The maximum Gasteiger partial charge on any atom is 0.259 e. The summed E-state index contributed by atoms with van der Waals surface area (Å²) in [4.78, 5) is 25.9. The second kappa shape index (κ2) is 6.88. The van der Waals surface area contributed by atoms with Crippen LogP contribution in [0.2, 0.25) is 0 Å². The zero-order valence-electron chi connectivity index (χ0n) is 15.2. The average Bonchev–Trinajstić information content (AvgIpc) is 3.28. The van der Waals surface area contributed by atoms with Crippen LogP contribution in [0.5, 0.6) is 0 Å². The van der Waals surface area contributed by atoms with Gasteiger partial charge in [0, 0.05) is 34.8 Å².